The monoisotopic (exact) mass is 502 g/mol. The molecule has 0 saturated heterocycles. The van der Waals surface area contributed by atoms with Crippen LogP contribution in [0.3, 0.4) is 0 Å². The van der Waals surface area contributed by atoms with Gasteiger partial charge in [-0.3, -0.25) is 0 Å². The lowest BCUT2D eigenvalue weighted by atomic mass is 9.80. The van der Waals surface area contributed by atoms with Gasteiger partial charge >= 0.3 is 0 Å². The van der Waals surface area contributed by atoms with Gasteiger partial charge in [0.05, 0.1) is 6.61 Å². The largest absolute Gasteiger partial charge is 0.414 e. The van der Waals surface area contributed by atoms with E-state index >= 15 is 0 Å². The standard InChI is InChI=1S/C32H42O3Si/c1-31(2,3)36(4,5)35-30-21-25(23-33)26(22-30)24-34-32(27-15-9-6-10-16-27,28-17-11-7-12-18-28)29-19-13-8-14-20-29/h6-20,25-26,30,33H,21-24H2,1-5H3/t25-,26-,30-/m0/s1. The topological polar surface area (TPSA) is 38.7 Å². The maximum atomic E-state index is 10.3. The van der Waals surface area contributed by atoms with Crippen molar-refractivity contribution in [3.8, 4) is 0 Å². The van der Waals surface area contributed by atoms with E-state index in [0.717, 1.165) is 29.5 Å². The fraction of sp³-hybridized carbons (Fsp3) is 0.438. The molecule has 0 radical (unpaired) electrons. The molecule has 0 heterocycles. The second kappa shape index (κ2) is 11.0. The summed E-state index contributed by atoms with van der Waals surface area (Å²) in [4.78, 5) is 0. The van der Waals surface area contributed by atoms with E-state index in [-0.39, 0.29) is 29.6 Å². The first kappa shape index (κ1) is 26.8. The van der Waals surface area contributed by atoms with Gasteiger partial charge in [-0.15, -0.1) is 0 Å². The molecule has 3 aromatic rings. The summed E-state index contributed by atoms with van der Waals surface area (Å²) in [7, 11) is -1.88. The minimum atomic E-state index is -1.88. The molecule has 4 heteroatoms. The molecule has 0 aromatic heterocycles. The second-order valence-electron chi connectivity index (χ2n) is 11.8. The zero-order valence-corrected chi connectivity index (χ0v) is 23.5. The van der Waals surface area contributed by atoms with Gasteiger partial charge < -0.3 is 14.3 Å². The molecule has 36 heavy (non-hydrogen) atoms. The molecule has 1 saturated carbocycles. The summed E-state index contributed by atoms with van der Waals surface area (Å²) in [6.45, 7) is 12.2. The van der Waals surface area contributed by atoms with Crippen molar-refractivity contribution in [1.82, 2.24) is 0 Å². The lowest BCUT2D eigenvalue weighted by molar-refractivity contribution is -0.0203. The number of ether oxygens (including phenoxy) is 1. The summed E-state index contributed by atoms with van der Waals surface area (Å²) in [5.74, 6) is 0.417. The van der Waals surface area contributed by atoms with Crippen LogP contribution in [-0.4, -0.2) is 32.7 Å². The van der Waals surface area contributed by atoms with E-state index in [1.54, 1.807) is 0 Å². The molecule has 1 aliphatic rings. The minimum Gasteiger partial charge on any atom is -0.414 e. The van der Waals surface area contributed by atoms with Gasteiger partial charge in [-0.25, -0.2) is 0 Å². The van der Waals surface area contributed by atoms with Crippen LogP contribution in [0, 0.1) is 11.8 Å². The number of aliphatic hydroxyl groups is 1. The van der Waals surface area contributed by atoms with Crippen LogP contribution in [0.4, 0.5) is 0 Å². The predicted molar refractivity (Wildman–Crippen MR) is 151 cm³/mol. The number of hydrogen-bond donors (Lipinski definition) is 1. The van der Waals surface area contributed by atoms with E-state index in [4.69, 9.17) is 9.16 Å². The highest BCUT2D eigenvalue weighted by atomic mass is 28.4. The number of hydrogen-bond acceptors (Lipinski definition) is 3. The number of rotatable bonds is 9. The van der Waals surface area contributed by atoms with Gasteiger partial charge in [0.1, 0.15) is 5.60 Å². The summed E-state index contributed by atoms with van der Waals surface area (Å²) < 4.78 is 13.9. The normalized spacial score (nSPS) is 21.0. The van der Waals surface area contributed by atoms with E-state index in [0.29, 0.717) is 6.61 Å². The summed E-state index contributed by atoms with van der Waals surface area (Å²) >= 11 is 0. The Kier molecular flexibility index (Phi) is 8.21. The average molecular weight is 503 g/mol. The summed E-state index contributed by atoms with van der Waals surface area (Å²) in [6, 6.07) is 31.5. The van der Waals surface area contributed by atoms with Gasteiger partial charge in [-0.05, 0) is 59.5 Å². The summed E-state index contributed by atoms with van der Waals surface area (Å²) in [5.41, 5.74) is 2.59. The van der Waals surface area contributed by atoms with Gasteiger partial charge in [0.2, 0.25) is 0 Å². The van der Waals surface area contributed by atoms with Crippen molar-refractivity contribution in [3.05, 3.63) is 108 Å². The lowest BCUT2D eigenvalue weighted by Gasteiger charge is -2.38. The smallest absolute Gasteiger partial charge is 0.192 e. The minimum absolute atomic E-state index is 0.166. The van der Waals surface area contributed by atoms with Gasteiger partial charge in [-0.2, -0.15) is 0 Å². The fourth-order valence-corrected chi connectivity index (χ4v) is 6.65. The van der Waals surface area contributed by atoms with E-state index in [2.05, 4.69) is 107 Å². The van der Waals surface area contributed by atoms with Gasteiger partial charge in [0, 0.05) is 12.7 Å². The first-order chi connectivity index (χ1) is 17.2. The van der Waals surface area contributed by atoms with E-state index < -0.39 is 13.9 Å². The fourth-order valence-electron chi connectivity index (χ4n) is 5.27. The van der Waals surface area contributed by atoms with E-state index in [1.165, 1.54) is 0 Å². The van der Waals surface area contributed by atoms with Crippen molar-refractivity contribution in [2.24, 2.45) is 11.8 Å². The van der Waals surface area contributed by atoms with Crippen LogP contribution >= 0.6 is 0 Å². The summed E-state index contributed by atoms with van der Waals surface area (Å²) in [6.07, 6.45) is 1.99. The zero-order chi connectivity index (χ0) is 25.8. The van der Waals surface area contributed by atoms with Crippen LogP contribution in [-0.2, 0) is 14.8 Å². The zero-order valence-electron chi connectivity index (χ0n) is 22.5. The molecular formula is C32H42O3Si. The maximum absolute atomic E-state index is 10.3. The molecule has 3 atom stereocenters. The third-order valence-corrected chi connectivity index (χ3v) is 12.9. The Labute approximate surface area is 218 Å². The lowest BCUT2D eigenvalue weighted by Crippen LogP contribution is -2.43. The molecule has 1 aliphatic carbocycles. The van der Waals surface area contributed by atoms with Gasteiger partial charge in [-0.1, -0.05) is 112 Å². The van der Waals surface area contributed by atoms with Crippen LogP contribution in [0.1, 0.15) is 50.3 Å². The number of benzene rings is 3. The number of aliphatic hydroxyl groups excluding tert-OH is 1. The SMILES string of the molecule is CC(C)(C)[Si](C)(C)O[C@H]1C[C@@H](CO)[C@H](COC(c2ccccc2)(c2ccccc2)c2ccccc2)C1. The molecule has 1 fully saturated rings. The highest BCUT2D eigenvalue weighted by molar-refractivity contribution is 6.74. The molecule has 0 bridgehead atoms. The Hall–Kier alpha value is -2.24. The molecule has 0 aliphatic heterocycles. The van der Waals surface area contributed by atoms with Crippen molar-refractivity contribution in [1.29, 1.82) is 0 Å². The van der Waals surface area contributed by atoms with Crippen LogP contribution in [0.25, 0.3) is 0 Å². The highest BCUT2D eigenvalue weighted by Gasteiger charge is 2.44. The Morgan fingerprint density at radius 1 is 0.722 bits per heavy atom. The quantitative estimate of drug-likeness (QED) is 0.245. The first-order valence-electron chi connectivity index (χ1n) is 13.3. The Bertz CT molecular complexity index is 980. The molecule has 1 N–H and O–H groups in total. The summed E-state index contributed by atoms with van der Waals surface area (Å²) in [5, 5.41) is 10.5. The third-order valence-electron chi connectivity index (χ3n) is 8.35. The highest BCUT2D eigenvalue weighted by Crippen LogP contribution is 2.45. The average Bonchev–Trinajstić information content (AvgIpc) is 3.26. The Morgan fingerprint density at radius 3 is 1.53 bits per heavy atom. The van der Waals surface area contributed by atoms with Crippen LogP contribution in [0.2, 0.25) is 18.1 Å². The molecule has 3 nitrogen and oxygen atoms in total. The van der Waals surface area contributed by atoms with E-state index in [1.807, 2.05) is 18.2 Å². The Morgan fingerprint density at radius 2 is 1.14 bits per heavy atom. The van der Waals surface area contributed by atoms with Gasteiger partial charge in [0.25, 0.3) is 0 Å². The van der Waals surface area contributed by atoms with Crippen LogP contribution in [0.5, 0.6) is 0 Å². The Balaban J connectivity index is 1.66. The molecule has 4 rings (SSSR count). The molecule has 0 unspecified atom stereocenters. The third kappa shape index (κ3) is 5.52. The molecule has 192 valence electrons. The van der Waals surface area contributed by atoms with Crippen molar-refractivity contribution in [2.75, 3.05) is 13.2 Å². The molecule has 0 spiro atoms. The van der Waals surface area contributed by atoms with Gasteiger partial charge in [0.15, 0.2) is 8.32 Å². The molecule has 3 aromatic carbocycles. The molecular weight excluding hydrogens is 460 g/mol. The van der Waals surface area contributed by atoms with Crippen molar-refractivity contribution < 1.29 is 14.3 Å². The predicted octanol–water partition coefficient (Wildman–Crippen LogP) is 7.40. The van der Waals surface area contributed by atoms with Crippen molar-refractivity contribution >= 4 is 8.32 Å². The van der Waals surface area contributed by atoms with Crippen molar-refractivity contribution in [2.45, 2.75) is 63.5 Å². The second-order valence-corrected chi connectivity index (χ2v) is 16.5. The van der Waals surface area contributed by atoms with Crippen LogP contribution in [0.15, 0.2) is 91.0 Å². The first-order valence-corrected chi connectivity index (χ1v) is 16.2. The van der Waals surface area contributed by atoms with Crippen molar-refractivity contribution in [3.63, 3.8) is 0 Å². The van der Waals surface area contributed by atoms with Crippen LogP contribution < -0.4 is 0 Å². The molecule has 0 amide bonds. The van der Waals surface area contributed by atoms with E-state index in [9.17, 15) is 5.11 Å². The maximum Gasteiger partial charge on any atom is 0.192 e.